The van der Waals surface area contributed by atoms with E-state index >= 15 is 0 Å². The van der Waals surface area contributed by atoms with Crippen LogP contribution in [0.2, 0.25) is 0 Å². The smallest absolute Gasteiger partial charge is 0.224 e. The Morgan fingerprint density at radius 3 is 2.79 bits per heavy atom. The van der Waals surface area contributed by atoms with Gasteiger partial charge in [0.25, 0.3) is 0 Å². The van der Waals surface area contributed by atoms with Crippen molar-refractivity contribution in [3.05, 3.63) is 34.9 Å². The van der Waals surface area contributed by atoms with E-state index in [1.807, 2.05) is 13.8 Å². The quantitative estimate of drug-likeness (QED) is 0.824. The van der Waals surface area contributed by atoms with Gasteiger partial charge < -0.3 is 10.4 Å². The molecule has 1 amide bonds. The lowest BCUT2D eigenvalue weighted by molar-refractivity contribution is -0.121. The molecule has 1 saturated carbocycles. The predicted octanol–water partition coefficient (Wildman–Crippen LogP) is 2.12. The summed E-state index contributed by atoms with van der Waals surface area (Å²) in [5.74, 6) is 0.647. The summed E-state index contributed by atoms with van der Waals surface area (Å²) in [5.41, 5.74) is 3.43. The molecule has 0 saturated heterocycles. The molecule has 1 fully saturated rings. The molecule has 2 N–H and O–H groups in total. The molecule has 1 atom stereocenters. The molecule has 0 spiro atoms. The maximum absolute atomic E-state index is 12.1. The second kappa shape index (κ2) is 6.20. The number of amides is 1. The van der Waals surface area contributed by atoms with E-state index in [0.29, 0.717) is 18.8 Å². The van der Waals surface area contributed by atoms with Gasteiger partial charge in [0.1, 0.15) is 0 Å². The molecule has 0 bridgehead atoms. The zero-order chi connectivity index (χ0) is 13.8. The largest absolute Gasteiger partial charge is 0.396 e. The highest BCUT2D eigenvalue weighted by atomic mass is 16.3. The third-order valence-electron chi connectivity index (χ3n) is 3.83. The topological polar surface area (TPSA) is 49.3 Å². The lowest BCUT2D eigenvalue weighted by Crippen LogP contribution is -2.38. The Hall–Kier alpha value is -1.35. The number of rotatable bonds is 6. The summed E-state index contributed by atoms with van der Waals surface area (Å²) in [6.07, 6.45) is 3.45. The van der Waals surface area contributed by atoms with Crippen molar-refractivity contribution in [3.63, 3.8) is 0 Å². The number of benzene rings is 1. The Balaban J connectivity index is 1.94. The second-order valence-corrected chi connectivity index (χ2v) is 5.63. The van der Waals surface area contributed by atoms with Gasteiger partial charge in [-0.05, 0) is 50.2 Å². The van der Waals surface area contributed by atoms with E-state index in [-0.39, 0.29) is 18.6 Å². The molecule has 1 unspecified atom stereocenters. The Labute approximate surface area is 115 Å². The fraction of sp³-hybridized carbons (Fsp3) is 0.562. The van der Waals surface area contributed by atoms with Crippen LogP contribution < -0.4 is 5.32 Å². The van der Waals surface area contributed by atoms with Crippen molar-refractivity contribution in [1.82, 2.24) is 5.32 Å². The van der Waals surface area contributed by atoms with Gasteiger partial charge in [0.05, 0.1) is 6.42 Å². The van der Waals surface area contributed by atoms with Crippen molar-refractivity contribution in [2.45, 2.75) is 45.6 Å². The first kappa shape index (κ1) is 14.1. The summed E-state index contributed by atoms with van der Waals surface area (Å²) in [7, 11) is 0. The van der Waals surface area contributed by atoms with Gasteiger partial charge in [0, 0.05) is 12.6 Å². The van der Waals surface area contributed by atoms with Crippen LogP contribution >= 0.6 is 0 Å². The third kappa shape index (κ3) is 4.06. The van der Waals surface area contributed by atoms with Crippen LogP contribution in [0.15, 0.2) is 18.2 Å². The maximum Gasteiger partial charge on any atom is 0.224 e. The molecule has 0 aromatic heterocycles. The van der Waals surface area contributed by atoms with Gasteiger partial charge in [0.2, 0.25) is 5.91 Å². The van der Waals surface area contributed by atoms with E-state index in [1.165, 1.54) is 18.4 Å². The summed E-state index contributed by atoms with van der Waals surface area (Å²) >= 11 is 0. The molecule has 19 heavy (non-hydrogen) atoms. The minimum absolute atomic E-state index is 0.0686. The summed E-state index contributed by atoms with van der Waals surface area (Å²) in [6.45, 7) is 4.22. The molecule has 0 aliphatic heterocycles. The number of nitrogens with one attached hydrogen (secondary N) is 1. The minimum Gasteiger partial charge on any atom is -0.396 e. The van der Waals surface area contributed by atoms with Crippen LogP contribution in [0.25, 0.3) is 0 Å². The van der Waals surface area contributed by atoms with Gasteiger partial charge >= 0.3 is 0 Å². The standard InChI is InChI=1S/C16H23NO2/c1-11-3-4-12(2)14(9-11)10-16(19)17-15(7-8-18)13-5-6-13/h3-4,9,13,15,18H,5-8,10H2,1-2H3,(H,17,19). The normalized spacial score (nSPS) is 16.2. The van der Waals surface area contributed by atoms with E-state index in [2.05, 4.69) is 23.5 Å². The van der Waals surface area contributed by atoms with Crippen LogP contribution in [0.1, 0.15) is 36.0 Å². The van der Waals surface area contributed by atoms with Crippen LogP contribution in [0, 0.1) is 19.8 Å². The fourth-order valence-electron chi connectivity index (χ4n) is 2.48. The molecular weight excluding hydrogens is 238 g/mol. The van der Waals surface area contributed by atoms with Gasteiger partial charge in [-0.25, -0.2) is 0 Å². The average Bonchev–Trinajstić information content (AvgIpc) is 3.17. The van der Waals surface area contributed by atoms with E-state index in [0.717, 1.165) is 11.1 Å². The lowest BCUT2D eigenvalue weighted by Gasteiger charge is -2.17. The Morgan fingerprint density at radius 1 is 1.42 bits per heavy atom. The molecule has 1 aromatic rings. The van der Waals surface area contributed by atoms with Crippen LogP contribution in [0.5, 0.6) is 0 Å². The molecule has 1 aliphatic carbocycles. The average molecular weight is 261 g/mol. The predicted molar refractivity (Wildman–Crippen MR) is 76.0 cm³/mol. The number of hydrogen-bond donors (Lipinski definition) is 2. The van der Waals surface area contributed by atoms with Crippen LogP contribution in [0.3, 0.4) is 0 Å². The highest BCUT2D eigenvalue weighted by molar-refractivity contribution is 5.79. The van der Waals surface area contributed by atoms with Gasteiger partial charge in [-0.1, -0.05) is 23.8 Å². The second-order valence-electron chi connectivity index (χ2n) is 5.63. The van der Waals surface area contributed by atoms with Crippen molar-refractivity contribution in [2.75, 3.05) is 6.61 Å². The van der Waals surface area contributed by atoms with Crippen molar-refractivity contribution < 1.29 is 9.90 Å². The van der Waals surface area contributed by atoms with Gasteiger partial charge in [-0.3, -0.25) is 4.79 Å². The highest BCUT2D eigenvalue weighted by Crippen LogP contribution is 2.33. The van der Waals surface area contributed by atoms with E-state index in [4.69, 9.17) is 5.11 Å². The van der Waals surface area contributed by atoms with E-state index < -0.39 is 0 Å². The molecule has 0 radical (unpaired) electrons. The Morgan fingerprint density at radius 2 is 2.16 bits per heavy atom. The van der Waals surface area contributed by atoms with Crippen molar-refractivity contribution >= 4 is 5.91 Å². The van der Waals surface area contributed by atoms with Gasteiger partial charge in [-0.15, -0.1) is 0 Å². The molecule has 3 heteroatoms. The van der Waals surface area contributed by atoms with Gasteiger partial charge in [-0.2, -0.15) is 0 Å². The highest BCUT2D eigenvalue weighted by Gasteiger charge is 2.31. The van der Waals surface area contributed by atoms with Gasteiger partial charge in [0.15, 0.2) is 0 Å². The maximum atomic E-state index is 12.1. The summed E-state index contributed by atoms with van der Waals surface area (Å²) in [4.78, 5) is 12.1. The fourth-order valence-corrected chi connectivity index (χ4v) is 2.48. The summed E-state index contributed by atoms with van der Waals surface area (Å²) < 4.78 is 0. The number of aliphatic hydroxyl groups is 1. The number of carbonyl (C=O) groups is 1. The SMILES string of the molecule is Cc1ccc(C)c(CC(=O)NC(CCO)C2CC2)c1. The molecule has 0 heterocycles. The molecule has 104 valence electrons. The van der Waals surface area contributed by atoms with Crippen molar-refractivity contribution in [3.8, 4) is 0 Å². The van der Waals surface area contributed by atoms with E-state index in [1.54, 1.807) is 0 Å². The van der Waals surface area contributed by atoms with E-state index in [9.17, 15) is 4.79 Å². The molecular formula is C16H23NO2. The summed E-state index contributed by atoms with van der Waals surface area (Å²) in [6, 6.07) is 6.36. The van der Waals surface area contributed by atoms with Crippen molar-refractivity contribution in [2.24, 2.45) is 5.92 Å². The first-order valence-electron chi connectivity index (χ1n) is 7.06. The van der Waals surface area contributed by atoms with Crippen LogP contribution in [-0.2, 0) is 11.2 Å². The molecule has 3 nitrogen and oxygen atoms in total. The van der Waals surface area contributed by atoms with Crippen molar-refractivity contribution in [1.29, 1.82) is 0 Å². The summed E-state index contributed by atoms with van der Waals surface area (Å²) in [5, 5.41) is 12.1. The third-order valence-corrected chi connectivity index (χ3v) is 3.83. The van der Waals surface area contributed by atoms with Crippen LogP contribution in [-0.4, -0.2) is 23.7 Å². The molecule has 1 aromatic carbocycles. The molecule has 2 rings (SSSR count). The number of aryl methyl sites for hydroxylation is 2. The number of aliphatic hydroxyl groups excluding tert-OH is 1. The van der Waals surface area contributed by atoms with Crippen LogP contribution in [0.4, 0.5) is 0 Å². The zero-order valence-corrected chi connectivity index (χ0v) is 11.8. The minimum atomic E-state index is 0.0686. The Kier molecular flexibility index (Phi) is 4.59. The monoisotopic (exact) mass is 261 g/mol. The lowest BCUT2D eigenvalue weighted by atomic mass is 10.0. The Bertz CT molecular complexity index is 452. The number of carbonyl (C=O) groups excluding carboxylic acids is 1. The number of hydrogen-bond acceptors (Lipinski definition) is 2. The zero-order valence-electron chi connectivity index (χ0n) is 11.8. The first-order valence-corrected chi connectivity index (χ1v) is 7.06. The molecule has 1 aliphatic rings. The first-order chi connectivity index (χ1) is 9.10.